The summed E-state index contributed by atoms with van der Waals surface area (Å²) in [4.78, 5) is 11.8. The average molecular weight is 294 g/mol. The Morgan fingerprint density at radius 1 is 1.43 bits per heavy atom. The number of alkyl halides is 1. The Morgan fingerprint density at radius 3 is 2.86 bits per heavy atom. The SMILES string of the molecule is CC(C)(C)OC(=O)Nc1cccc(C2CCNCC2F)c1. The third-order valence-corrected chi connectivity index (χ3v) is 3.37. The molecular formula is C16H23FN2O2. The zero-order valence-corrected chi connectivity index (χ0v) is 12.8. The topological polar surface area (TPSA) is 50.4 Å². The van der Waals surface area contributed by atoms with Gasteiger partial charge in [0.2, 0.25) is 0 Å². The molecule has 2 atom stereocenters. The Hall–Kier alpha value is -1.62. The van der Waals surface area contributed by atoms with Crippen molar-refractivity contribution in [2.24, 2.45) is 0 Å². The molecule has 2 unspecified atom stereocenters. The van der Waals surface area contributed by atoms with Crippen molar-refractivity contribution in [3.05, 3.63) is 29.8 Å². The van der Waals surface area contributed by atoms with E-state index in [1.165, 1.54) is 0 Å². The van der Waals surface area contributed by atoms with Crippen LogP contribution in [0.2, 0.25) is 0 Å². The van der Waals surface area contributed by atoms with Crippen LogP contribution in [0, 0.1) is 0 Å². The van der Waals surface area contributed by atoms with Crippen molar-refractivity contribution < 1.29 is 13.9 Å². The Balaban J connectivity index is 2.05. The first kappa shape index (κ1) is 15.8. The van der Waals surface area contributed by atoms with Crippen molar-refractivity contribution in [2.75, 3.05) is 18.4 Å². The van der Waals surface area contributed by atoms with Gasteiger partial charge < -0.3 is 10.1 Å². The molecule has 1 saturated heterocycles. The lowest BCUT2D eigenvalue weighted by Gasteiger charge is -2.27. The molecule has 1 aliphatic rings. The highest BCUT2D eigenvalue weighted by Gasteiger charge is 2.26. The van der Waals surface area contributed by atoms with Crippen molar-refractivity contribution >= 4 is 11.8 Å². The van der Waals surface area contributed by atoms with Crippen LogP contribution in [0.15, 0.2) is 24.3 Å². The summed E-state index contributed by atoms with van der Waals surface area (Å²) in [6.45, 7) is 6.63. The largest absolute Gasteiger partial charge is 0.444 e. The number of carbonyl (C=O) groups is 1. The second-order valence-corrected chi connectivity index (χ2v) is 6.37. The van der Waals surface area contributed by atoms with Crippen LogP contribution in [-0.2, 0) is 4.74 Å². The van der Waals surface area contributed by atoms with Crippen LogP contribution in [-0.4, -0.2) is 31.0 Å². The number of hydrogen-bond acceptors (Lipinski definition) is 3. The smallest absolute Gasteiger partial charge is 0.412 e. The van der Waals surface area contributed by atoms with E-state index in [9.17, 15) is 9.18 Å². The molecule has 1 aromatic rings. The molecule has 21 heavy (non-hydrogen) atoms. The number of carbonyl (C=O) groups excluding carboxylic acids is 1. The van der Waals surface area contributed by atoms with Crippen LogP contribution >= 0.6 is 0 Å². The maximum atomic E-state index is 14.0. The van der Waals surface area contributed by atoms with Gasteiger partial charge in [-0.05, 0) is 51.4 Å². The fourth-order valence-corrected chi connectivity index (χ4v) is 2.46. The first-order chi connectivity index (χ1) is 9.85. The number of piperidine rings is 1. The first-order valence-corrected chi connectivity index (χ1v) is 7.30. The molecule has 1 aliphatic heterocycles. The summed E-state index contributed by atoms with van der Waals surface area (Å²) >= 11 is 0. The molecule has 0 saturated carbocycles. The molecule has 2 rings (SSSR count). The molecule has 0 aromatic heterocycles. The molecule has 4 nitrogen and oxygen atoms in total. The zero-order valence-electron chi connectivity index (χ0n) is 12.8. The summed E-state index contributed by atoms with van der Waals surface area (Å²) in [5.41, 5.74) is 1.01. The lowest BCUT2D eigenvalue weighted by atomic mass is 9.88. The minimum Gasteiger partial charge on any atom is -0.444 e. The van der Waals surface area contributed by atoms with Gasteiger partial charge in [0.1, 0.15) is 11.8 Å². The molecule has 1 aromatic carbocycles. The van der Waals surface area contributed by atoms with Crippen molar-refractivity contribution in [3.63, 3.8) is 0 Å². The molecule has 1 amide bonds. The molecule has 0 bridgehead atoms. The molecule has 0 aliphatic carbocycles. The monoisotopic (exact) mass is 294 g/mol. The Bertz CT molecular complexity index is 499. The second kappa shape index (κ2) is 6.43. The molecule has 0 spiro atoms. The van der Waals surface area contributed by atoms with Crippen LogP contribution < -0.4 is 10.6 Å². The van der Waals surface area contributed by atoms with Crippen LogP contribution in [0.5, 0.6) is 0 Å². The predicted octanol–water partition coefficient (Wildman–Crippen LogP) is 3.45. The molecule has 1 fully saturated rings. The number of nitrogens with one attached hydrogen (secondary N) is 2. The molecule has 0 radical (unpaired) electrons. The lowest BCUT2D eigenvalue weighted by Crippen LogP contribution is -2.36. The molecule has 2 N–H and O–H groups in total. The standard InChI is InChI=1S/C16H23FN2O2/c1-16(2,3)21-15(20)19-12-6-4-5-11(9-12)13-7-8-18-10-14(13)17/h4-6,9,13-14,18H,7-8,10H2,1-3H3,(H,19,20). The van der Waals surface area contributed by atoms with Gasteiger partial charge in [0, 0.05) is 18.2 Å². The summed E-state index contributed by atoms with van der Waals surface area (Å²) in [6, 6.07) is 7.34. The van der Waals surface area contributed by atoms with E-state index < -0.39 is 17.9 Å². The maximum absolute atomic E-state index is 14.0. The summed E-state index contributed by atoms with van der Waals surface area (Å²) < 4.78 is 19.2. The van der Waals surface area contributed by atoms with Gasteiger partial charge in [-0.15, -0.1) is 0 Å². The van der Waals surface area contributed by atoms with Crippen LogP contribution in [0.25, 0.3) is 0 Å². The number of anilines is 1. The summed E-state index contributed by atoms with van der Waals surface area (Å²) in [5, 5.41) is 5.74. The van der Waals surface area contributed by atoms with E-state index in [0.29, 0.717) is 12.2 Å². The Morgan fingerprint density at radius 2 is 2.19 bits per heavy atom. The number of rotatable bonds is 2. The third-order valence-electron chi connectivity index (χ3n) is 3.37. The molecule has 5 heteroatoms. The molecule has 116 valence electrons. The van der Waals surface area contributed by atoms with Gasteiger partial charge in [-0.1, -0.05) is 12.1 Å². The van der Waals surface area contributed by atoms with E-state index in [1.807, 2.05) is 39.0 Å². The number of ether oxygens (including phenoxy) is 1. The van der Waals surface area contributed by atoms with Crippen LogP contribution in [0.1, 0.15) is 38.7 Å². The number of amides is 1. The maximum Gasteiger partial charge on any atom is 0.412 e. The third kappa shape index (κ3) is 4.70. The fraction of sp³-hybridized carbons (Fsp3) is 0.562. The van der Waals surface area contributed by atoms with Gasteiger partial charge in [0.15, 0.2) is 0 Å². The van der Waals surface area contributed by atoms with E-state index in [4.69, 9.17) is 4.74 Å². The second-order valence-electron chi connectivity index (χ2n) is 6.37. The van der Waals surface area contributed by atoms with Crippen molar-refractivity contribution in [3.8, 4) is 0 Å². The minimum atomic E-state index is -0.893. The van der Waals surface area contributed by atoms with Gasteiger partial charge >= 0.3 is 6.09 Å². The highest BCUT2D eigenvalue weighted by molar-refractivity contribution is 5.84. The van der Waals surface area contributed by atoms with E-state index in [1.54, 1.807) is 6.07 Å². The van der Waals surface area contributed by atoms with Crippen LogP contribution in [0.3, 0.4) is 0 Å². The van der Waals surface area contributed by atoms with E-state index in [0.717, 1.165) is 18.5 Å². The van der Waals surface area contributed by atoms with Crippen molar-refractivity contribution in [1.82, 2.24) is 5.32 Å². The Kier molecular flexibility index (Phi) is 4.83. The average Bonchev–Trinajstić information content (AvgIpc) is 2.37. The van der Waals surface area contributed by atoms with Gasteiger partial charge in [-0.3, -0.25) is 5.32 Å². The Labute approximate surface area is 125 Å². The van der Waals surface area contributed by atoms with Crippen molar-refractivity contribution in [2.45, 2.75) is 44.9 Å². The summed E-state index contributed by atoms with van der Waals surface area (Å²) in [5.74, 6) is -0.119. The molecular weight excluding hydrogens is 271 g/mol. The minimum absolute atomic E-state index is 0.119. The quantitative estimate of drug-likeness (QED) is 0.878. The number of benzene rings is 1. The zero-order chi connectivity index (χ0) is 15.5. The van der Waals surface area contributed by atoms with E-state index in [-0.39, 0.29) is 5.92 Å². The van der Waals surface area contributed by atoms with E-state index in [2.05, 4.69) is 10.6 Å². The predicted molar refractivity (Wildman–Crippen MR) is 81.4 cm³/mol. The van der Waals surface area contributed by atoms with Gasteiger partial charge in [0.05, 0.1) is 0 Å². The van der Waals surface area contributed by atoms with Crippen LogP contribution in [0.4, 0.5) is 14.9 Å². The van der Waals surface area contributed by atoms with Gasteiger partial charge in [-0.25, -0.2) is 9.18 Å². The summed E-state index contributed by atoms with van der Waals surface area (Å²) in [7, 11) is 0. The normalized spacial score (nSPS) is 22.7. The number of hydrogen-bond donors (Lipinski definition) is 2. The van der Waals surface area contributed by atoms with Gasteiger partial charge in [0.25, 0.3) is 0 Å². The van der Waals surface area contributed by atoms with Crippen molar-refractivity contribution in [1.29, 1.82) is 0 Å². The fourth-order valence-electron chi connectivity index (χ4n) is 2.46. The molecule has 1 heterocycles. The highest BCUT2D eigenvalue weighted by Crippen LogP contribution is 2.29. The lowest BCUT2D eigenvalue weighted by molar-refractivity contribution is 0.0636. The number of halogens is 1. The highest BCUT2D eigenvalue weighted by atomic mass is 19.1. The van der Waals surface area contributed by atoms with Gasteiger partial charge in [-0.2, -0.15) is 0 Å². The summed E-state index contributed by atoms with van der Waals surface area (Å²) in [6.07, 6.45) is -0.630. The first-order valence-electron chi connectivity index (χ1n) is 7.30. The van der Waals surface area contributed by atoms with E-state index >= 15 is 0 Å².